The third-order valence-corrected chi connectivity index (χ3v) is 3.66. The van der Waals surface area contributed by atoms with E-state index in [0.29, 0.717) is 6.54 Å². The minimum atomic E-state index is -0.329. The molecule has 1 aliphatic rings. The number of hydrogen-bond acceptors (Lipinski definition) is 3. The molecule has 1 saturated heterocycles. The van der Waals surface area contributed by atoms with Gasteiger partial charge in [0.2, 0.25) is 5.91 Å². The number of ether oxygens (including phenoxy) is 1. The molecule has 5 heteroatoms. The second kappa shape index (κ2) is 6.70. The van der Waals surface area contributed by atoms with E-state index in [2.05, 4.69) is 4.90 Å². The van der Waals surface area contributed by atoms with Gasteiger partial charge in [-0.1, -0.05) is 6.07 Å². The van der Waals surface area contributed by atoms with Gasteiger partial charge in [0.15, 0.2) is 11.6 Å². The molecule has 1 aromatic rings. The Morgan fingerprint density at radius 3 is 2.75 bits per heavy atom. The van der Waals surface area contributed by atoms with Crippen LogP contribution in [0.15, 0.2) is 18.2 Å². The molecule has 1 aromatic carbocycles. The Hall–Kier alpha value is -1.62. The molecule has 0 saturated carbocycles. The Bertz CT molecular complexity index is 479. The first-order chi connectivity index (χ1) is 9.60. The molecule has 2 rings (SSSR count). The lowest BCUT2D eigenvalue weighted by Crippen LogP contribution is -2.33. The Morgan fingerprint density at radius 2 is 2.10 bits per heavy atom. The highest BCUT2D eigenvalue weighted by atomic mass is 19.1. The molecule has 1 amide bonds. The standard InChI is InChI=1S/C15H21FN2O2/c1-12(19)18-7-3-6-17(8-9-18)11-13-4-5-15(20-2)14(16)10-13/h4-5,10H,3,6-9,11H2,1-2H3. The lowest BCUT2D eigenvalue weighted by molar-refractivity contribution is -0.128. The zero-order chi connectivity index (χ0) is 14.5. The Kier molecular flexibility index (Phi) is 4.95. The molecule has 0 aromatic heterocycles. The third-order valence-electron chi connectivity index (χ3n) is 3.66. The van der Waals surface area contributed by atoms with Crippen molar-refractivity contribution in [2.45, 2.75) is 19.9 Å². The lowest BCUT2D eigenvalue weighted by atomic mass is 10.2. The summed E-state index contributed by atoms with van der Waals surface area (Å²) in [6.45, 7) is 5.61. The average Bonchev–Trinajstić information content (AvgIpc) is 2.65. The lowest BCUT2D eigenvalue weighted by Gasteiger charge is -2.21. The number of hydrogen-bond donors (Lipinski definition) is 0. The van der Waals surface area contributed by atoms with Crippen molar-refractivity contribution in [3.05, 3.63) is 29.6 Å². The van der Waals surface area contributed by atoms with E-state index in [9.17, 15) is 9.18 Å². The zero-order valence-electron chi connectivity index (χ0n) is 12.1. The fraction of sp³-hybridized carbons (Fsp3) is 0.533. The van der Waals surface area contributed by atoms with Crippen molar-refractivity contribution in [3.63, 3.8) is 0 Å². The largest absolute Gasteiger partial charge is 0.494 e. The summed E-state index contributed by atoms with van der Waals surface area (Å²) in [6.07, 6.45) is 0.957. The highest BCUT2D eigenvalue weighted by molar-refractivity contribution is 5.73. The predicted molar refractivity (Wildman–Crippen MR) is 75.1 cm³/mol. The number of carbonyl (C=O) groups is 1. The molecular formula is C15H21FN2O2. The van der Waals surface area contributed by atoms with Gasteiger partial charge in [0.25, 0.3) is 0 Å². The average molecular weight is 280 g/mol. The molecule has 0 aliphatic carbocycles. The number of nitrogens with zero attached hydrogens (tertiary/aromatic N) is 2. The van der Waals surface area contributed by atoms with Gasteiger partial charge >= 0.3 is 0 Å². The van der Waals surface area contributed by atoms with Crippen LogP contribution in [-0.4, -0.2) is 49.0 Å². The van der Waals surface area contributed by atoms with Gasteiger partial charge in [0, 0.05) is 39.6 Å². The van der Waals surface area contributed by atoms with Crippen LogP contribution in [0, 0.1) is 5.82 Å². The fourth-order valence-corrected chi connectivity index (χ4v) is 2.51. The van der Waals surface area contributed by atoms with Crippen molar-refractivity contribution in [2.75, 3.05) is 33.3 Å². The molecule has 0 atom stereocenters. The van der Waals surface area contributed by atoms with E-state index in [1.807, 2.05) is 11.0 Å². The third kappa shape index (κ3) is 3.70. The van der Waals surface area contributed by atoms with Crippen molar-refractivity contribution in [1.29, 1.82) is 0 Å². The van der Waals surface area contributed by atoms with Crippen LogP contribution in [0.2, 0.25) is 0 Å². The predicted octanol–water partition coefficient (Wildman–Crippen LogP) is 1.89. The molecule has 4 nitrogen and oxygen atoms in total. The Balaban J connectivity index is 1.96. The highest BCUT2D eigenvalue weighted by Crippen LogP contribution is 2.19. The monoisotopic (exact) mass is 280 g/mol. The molecule has 0 bridgehead atoms. The smallest absolute Gasteiger partial charge is 0.219 e. The van der Waals surface area contributed by atoms with Gasteiger partial charge in [-0.3, -0.25) is 9.69 Å². The van der Waals surface area contributed by atoms with Gasteiger partial charge in [-0.2, -0.15) is 0 Å². The molecular weight excluding hydrogens is 259 g/mol. The SMILES string of the molecule is COc1ccc(CN2CCCN(C(C)=O)CC2)cc1F. The summed E-state index contributed by atoms with van der Waals surface area (Å²) in [7, 11) is 1.46. The minimum Gasteiger partial charge on any atom is -0.494 e. The Labute approximate surface area is 119 Å². The van der Waals surface area contributed by atoms with Crippen LogP contribution in [0.1, 0.15) is 18.9 Å². The molecule has 1 aliphatic heterocycles. The second-order valence-corrected chi connectivity index (χ2v) is 5.10. The molecule has 0 spiro atoms. The van der Waals surface area contributed by atoms with Crippen molar-refractivity contribution < 1.29 is 13.9 Å². The quantitative estimate of drug-likeness (QED) is 0.847. The number of carbonyl (C=O) groups excluding carboxylic acids is 1. The molecule has 0 radical (unpaired) electrons. The summed E-state index contributed by atoms with van der Waals surface area (Å²) in [5, 5.41) is 0. The topological polar surface area (TPSA) is 32.8 Å². The summed E-state index contributed by atoms with van der Waals surface area (Å²) in [6, 6.07) is 5.06. The van der Waals surface area contributed by atoms with Gasteiger partial charge in [0.05, 0.1) is 7.11 Å². The van der Waals surface area contributed by atoms with Crippen LogP contribution in [0.4, 0.5) is 4.39 Å². The van der Waals surface area contributed by atoms with Crippen LogP contribution in [-0.2, 0) is 11.3 Å². The number of rotatable bonds is 3. The number of methoxy groups -OCH3 is 1. The van der Waals surface area contributed by atoms with Gasteiger partial charge in [-0.05, 0) is 24.1 Å². The zero-order valence-corrected chi connectivity index (χ0v) is 12.1. The van der Waals surface area contributed by atoms with Crippen molar-refractivity contribution in [1.82, 2.24) is 9.80 Å². The minimum absolute atomic E-state index is 0.127. The summed E-state index contributed by atoms with van der Waals surface area (Å²) in [5.74, 6) is 0.0693. The van der Waals surface area contributed by atoms with Gasteiger partial charge < -0.3 is 9.64 Å². The van der Waals surface area contributed by atoms with E-state index in [0.717, 1.165) is 38.2 Å². The van der Waals surface area contributed by atoms with Crippen LogP contribution in [0.3, 0.4) is 0 Å². The summed E-state index contributed by atoms with van der Waals surface area (Å²) in [5.41, 5.74) is 0.930. The van der Waals surface area contributed by atoms with Crippen molar-refractivity contribution >= 4 is 5.91 Å². The van der Waals surface area contributed by atoms with E-state index >= 15 is 0 Å². The fourth-order valence-electron chi connectivity index (χ4n) is 2.51. The summed E-state index contributed by atoms with van der Waals surface area (Å²) in [4.78, 5) is 15.5. The van der Waals surface area contributed by atoms with E-state index in [1.54, 1.807) is 13.0 Å². The van der Waals surface area contributed by atoms with Gasteiger partial charge in [0.1, 0.15) is 0 Å². The molecule has 1 heterocycles. The maximum atomic E-state index is 13.7. The van der Waals surface area contributed by atoms with E-state index in [1.165, 1.54) is 13.2 Å². The van der Waals surface area contributed by atoms with Crippen molar-refractivity contribution in [3.8, 4) is 5.75 Å². The molecule has 110 valence electrons. The molecule has 0 unspecified atom stereocenters. The maximum Gasteiger partial charge on any atom is 0.219 e. The van der Waals surface area contributed by atoms with E-state index in [-0.39, 0.29) is 17.5 Å². The van der Waals surface area contributed by atoms with Gasteiger partial charge in [-0.25, -0.2) is 4.39 Å². The van der Waals surface area contributed by atoms with E-state index < -0.39 is 0 Å². The first kappa shape index (κ1) is 14.8. The molecule has 0 N–H and O–H groups in total. The van der Waals surface area contributed by atoms with Crippen molar-refractivity contribution in [2.24, 2.45) is 0 Å². The van der Waals surface area contributed by atoms with Crippen LogP contribution in [0.5, 0.6) is 5.75 Å². The summed E-state index contributed by atoms with van der Waals surface area (Å²) >= 11 is 0. The second-order valence-electron chi connectivity index (χ2n) is 5.10. The molecule has 20 heavy (non-hydrogen) atoms. The first-order valence-electron chi connectivity index (χ1n) is 6.90. The van der Waals surface area contributed by atoms with Crippen LogP contribution >= 0.6 is 0 Å². The first-order valence-corrected chi connectivity index (χ1v) is 6.90. The number of halogens is 1. The summed E-state index contributed by atoms with van der Waals surface area (Å²) < 4.78 is 18.6. The normalized spacial score (nSPS) is 16.9. The number of benzene rings is 1. The van der Waals surface area contributed by atoms with Gasteiger partial charge in [-0.15, -0.1) is 0 Å². The van der Waals surface area contributed by atoms with E-state index in [4.69, 9.17) is 4.74 Å². The molecule has 1 fully saturated rings. The van der Waals surface area contributed by atoms with Crippen LogP contribution < -0.4 is 4.74 Å². The van der Waals surface area contributed by atoms with Crippen LogP contribution in [0.25, 0.3) is 0 Å². The highest BCUT2D eigenvalue weighted by Gasteiger charge is 2.16. The Morgan fingerprint density at radius 1 is 1.30 bits per heavy atom. The maximum absolute atomic E-state index is 13.7. The number of amides is 1.